The first-order valence-corrected chi connectivity index (χ1v) is 9.54. The molecule has 3 heterocycles. The van der Waals surface area contributed by atoms with E-state index in [1.165, 1.54) is 11.3 Å². The standard InChI is InChI=1S/C18H10Cl2N6S/c19-12-6-4-10(5-7-12)14-9-15(22-21-14)16-23-24-18-26(16)25-17(27-18)11-2-1-3-13(20)8-11/h1-9H,(H,21,22). The second-order valence-corrected chi connectivity index (χ2v) is 7.64. The normalized spacial score (nSPS) is 11.3. The first kappa shape index (κ1) is 16.4. The molecule has 0 aliphatic heterocycles. The van der Waals surface area contributed by atoms with Gasteiger partial charge < -0.3 is 0 Å². The summed E-state index contributed by atoms with van der Waals surface area (Å²) < 4.78 is 1.71. The van der Waals surface area contributed by atoms with Gasteiger partial charge in [-0.3, -0.25) is 5.10 Å². The maximum atomic E-state index is 6.09. The van der Waals surface area contributed by atoms with E-state index < -0.39 is 0 Å². The summed E-state index contributed by atoms with van der Waals surface area (Å²) in [7, 11) is 0. The van der Waals surface area contributed by atoms with Gasteiger partial charge in [-0.05, 0) is 30.3 Å². The molecule has 5 aromatic rings. The Balaban J connectivity index is 1.55. The number of hydrogen-bond acceptors (Lipinski definition) is 5. The van der Waals surface area contributed by atoms with Crippen molar-refractivity contribution in [2.45, 2.75) is 0 Å². The molecule has 0 saturated carbocycles. The van der Waals surface area contributed by atoms with E-state index in [1.807, 2.05) is 54.6 Å². The molecule has 132 valence electrons. The SMILES string of the molecule is Clc1ccc(-c2cc(-c3nnc4sc(-c5cccc(Cl)c5)nn34)[nH]n2)cc1. The smallest absolute Gasteiger partial charge is 0.235 e. The van der Waals surface area contributed by atoms with Crippen molar-refractivity contribution < 1.29 is 0 Å². The van der Waals surface area contributed by atoms with Crippen molar-refractivity contribution in [3.8, 4) is 33.3 Å². The molecule has 27 heavy (non-hydrogen) atoms. The van der Waals surface area contributed by atoms with Gasteiger partial charge in [-0.15, -0.1) is 10.2 Å². The monoisotopic (exact) mass is 412 g/mol. The first-order chi connectivity index (χ1) is 13.2. The Bertz CT molecular complexity index is 1250. The molecule has 0 fully saturated rings. The van der Waals surface area contributed by atoms with Crippen LogP contribution in [-0.4, -0.2) is 30.0 Å². The van der Waals surface area contributed by atoms with Crippen molar-refractivity contribution in [1.29, 1.82) is 0 Å². The number of aromatic nitrogens is 6. The minimum atomic E-state index is 0.599. The van der Waals surface area contributed by atoms with E-state index in [0.717, 1.165) is 27.5 Å². The number of fused-ring (bicyclic) bond motifs is 1. The molecule has 0 aliphatic carbocycles. The molecule has 0 spiro atoms. The maximum absolute atomic E-state index is 6.09. The van der Waals surface area contributed by atoms with Gasteiger partial charge in [0.15, 0.2) is 0 Å². The Morgan fingerprint density at radius 1 is 0.889 bits per heavy atom. The van der Waals surface area contributed by atoms with Gasteiger partial charge in [0.1, 0.15) is 10.7 Å². The molecule has 2 aromatic carbocycles. The van der Waals surface area contributed by atoms with Gasteiger partial charge in [-0.1, -0.05) is 58.8 Å². The zero-order valence-corrected chi connectivity index (χ0v) is 15.9. The van der Waals surface area contributed by atoms with E-state index in [-0.39, 0.29) is 0 Å². The summed E-state index contributed by atoms with van der Waals surface area (Å²) in [5.41, 5.74) is 3.43. The zero-order valence-electron chi connectivity index (χ0n) is 13.6. The highest BCUT2D eigenvalue weighted by Gasteiger charge is 2.17. The van der Waals surface area contributed by atoms with Crippen molar-refractivity contribution in [2.75, 3.05) is 0 Å². The second kappa shape index (κ2) is 6.45. The molecule has 1 N–H and O–H groups in total. The van der Waals surface area contributed by atoms with E-state index >= 15 is 0 Å². The van der Waals surface area contributed by atoms with Gasteiger partial charge in [-0.2, -0.15) is 14.7 Å². The van der Waals surface area contributed by atoms with Crippen LogP contribution in [0.25, 0.3) is 38.3 Å². The molecule has 0 saturated heterocycles. The maximum Gasteiger partial charge on any atom is 0.235 e. The van der Waals surface area contributed by atoms with Crippen LogP contribution in [0.15, 0.2) is 54.6 Å². The molecule has 0 unspecified atom stereocenters. The summed E-state index contributed by atoms with van der Waals surface area (Å²) in [6.45, 7) is 0. The lowest BCUT2D eigenvalue weighted by Crippen LogP contribution is -1.91. The van der Waals surface area contributed by atoms with Crippen LogP contribution < -0.4 is 0 Å². The summed E-state index contributed by atoms with van der Waals surface area (Å²) in [6, 6.07) is 17.0. The van der Waals surface area contributed by atoms with Gasteiger partial charge in [0.25, 0.3) is 0 Å². The van der Waals surface area contributed by atoms with E-state index in [1.54, 1.807) is 4.52 Å². The highest BCUT2D eigenvalue weighted by molar-refractivity contribution is 7.19. The average Bonchev–Trinajstić information content (AvgIpc) is 3.37. The lowest BCUT2D eigenvalue weighted by molar-refractivity contribution is 0.955. The van der Waals surface area contributed by atoms with Crippen LogP contribution in [-0.2, 0) is 0 Å². The molecular formula is C18H10Cl2N6S. The third-order valence-electron chi connectivity index (χ3n) is 4.02. The van der Waals surface area contributed by atoms with Gasteiger partial charge in [-0.25, -0.2) is 0 Å². The Morgan fingerprint density at radius 3 is 2.56 bits per heavy atom. The van der Waals surface area contributed by atoms with Crippen molar-refractivity contribution in [3.05, 3.63) is 64.6 Å². The molecular weight excluding hydrogens is 403 g/mol. The lowest BCUT2D eigenvalue weighted by Gasteiger charge is -1.96. The third kappa shape index (κ3) is 2.99. The summed E-state index contributed by atoms with van der Waals surface area (Å²) in [5, 5.41) is 22.7. The van der Waals surface area contributed by atoms with Crippen molar-refractivity contribution in [2.24, 2.45) is 0 Å². The third-order valence-corrected chi connectivity index (χ3v) is 5.46. The molecule has 9 heteroatoms. The van der Waals surface area contributed by atoms with Crippen LogP contribution in [0.2, 0.25) is 10.0 Å². The van der Waals surface area contributed by atoms with Gasteiger partial charge in [0, 0.05) is 21.2 Å². The van der Waals surface area contributed by atoms with Crippen LogP contribution in [0.4, 0.5) is 0 Å². The minimum Gasteiger partial charge on any atom is -0.274 e. The van der Waals surface area contributed by atoms with Crippen LogP contribution in [0.1, 0.15) is 0 Å². The zero-order chi connectivity index (χ0) is 18.4. The molecule has 3 aromatic heterocycles. The van der Waals surface area contributed by atoms with Crippen molar-refractivity contribution in [1.82, 2.24) is 30.0 Å². The molecule has 0 atom stereocenters. The van der Waals surface area contributed by atoms with E-state index in [0.29, 0.717) is 20.8 Å². The van der Waals surface area contributed by atoms with E-state index in [2.05, 4.69) is 25.5 Å². The van der Waals surface area contributed by atoms with Crippen LogP contribution in [0, 0.1) is 0 Å². The topological polar surface area (TPSA) is 71.8 Å². The Labute approximate surface area is 167 Å². The minimum absolute atomic E-state index is 0.599. The van der Waals surface area contributed by atoms with E-state index in [9.17, 15) is 0 Å². The predicted octanol–water partition coefficient (Wildman–Crippen LogP) is 5.22. The van der Waals surface area contributed by atoms with Gasteiger partial charge in [0.2, 0.25) is 10.8 Å². The number of halogens is 2. The number of nitrogens with one attached hydrogen (secondary N) is 1. The molecule has 0 bridgehead atoms. The number of benzene rings is 2. The van der Waals surface area contributed by atoms with Crippen molar-refractivity contribution >= 4 is 39.5 Å². The fraction of sp³-hybridized carbons (Fsp3) is 0. The van der Waals surface area contributed by atoms with Crippen molar-refractivity contribution in [3.63, 3.8) is 0 Å². The predicted molar refractivity (Wildman–Crippen MR) is 107 cm³/mol. The van der Waals surface area contributed by atoms with Gasteiger partial charge >= 0.3 is 0 Å². The molecule has 6 nitrogen and oxygen atoms in total. The Kier molecular flexibility index (Phi) is 3.93. The highest BCUT2D eigenvalue weighted by Crippen LogP contribution is 2.30. The van der Waals surface area contributed by atoms with Gasteiger partial charge in [0.05, 0.1) is 5.69 Å². The molecule has 0 amide bonds. The average molecular weight is 413 g/mol. The fourth-order valence-electron chi connectivity index (χ4n) is 2.73. The summed E-state index contributed by atoms with van der Waals surface area (Å²) >= 11 is 13.5. The highest BCUT2D eigenvalue weighted by atomic mass is 35.5. The number of H-pyrrole nitrogens is 1. The van der Waals surface area contributed by atoms with Crippen LogP contribution in [0.5, 0.6) is 0 Å². The molecule has 0 aliphatic rings. The van der Waals surface area contributed by atoms with Crippen LogP contribution >= 0.6 is 34.5 Å². The number of hydrogen-bond donors (Lipinski definition) is 1. The Morgan fingerprint density at radius 2 is 1.74 bits per heavy atom. The summed E-state index contributed by atoms with van der Waals surface area (Å²) in [6.07, 6.45) is 0. The van der Waals surface area contributed by atoms with E-state index in [4.69, 9.17) is 23.2 Å². The molecule has 0 radical (unpaired) electrons. The van der Waals surface area contributed by atoms with Crippen LogP contribution in [0.3, 0.4) is 0 Å². The summed E-state index contributed by atoms with van der Waals surface area (Å²) in [4.78, 5) is 0.697. The lowest BCUT2D eigenvalue weighted by atomic mass is 10.1. The Hall–Kier alpha value is -2.74. The first-order valence-electron chi connectivity index (χ1n) is 7.97. The quantitative estimate of drug-likeness (QED) is 0.440. The molecule has 5 rings (SSSR count). The number of aromatic amines is 1. The number of rotatable bonds is 3. The fourth-order valence-corrected chi connectivity index (χ4v) is 3.88. The summed E-state index contributed by atoms with van der Waals surface area (Å²) in [5.74, 6) is 0.599. The largest absolute Gasteiger partial charge is 0.274 e. The second-order valence-electron chi connectivity index (χ2n) is 5.81. The number of nitrogens with zero attached hydrogens (tertiary/aromatic N) is 5.